The van der Waals surface area contributed by atoms with Gasteiger partial charge in [0.15, 0.2) is 0 Å². The number of rotatable bonds is 2. The molecule has 0 saturated heterocycles. The van der Waals surface area contributed by atoms with Crippen molar-refractivity contribution in [3.05, 3.63) is 22.5 Å². The largest absolute Gasteiger partial charge is 0.137 e. The Morgan fingerprint density at radius 1 is 1.75 bits per heavy atom. The van der Waals surface area contributed by atoms with Gasteiger partial charge in [0, 0.05) is 4.24 Å². The molecular weight excluding hydrogens is 136 g/mol. The summed E-state index contributed by atoms with van der Waals surface area (Å²) in [4.78, 5) is 0. The third kappa shape index (κ3) is 4.34. The van der Waals surface area contributed by atoms with Gasteiger partial charge in [0.1, 0.15) is 0 Å². The van der Waals surface area contributed by atoms with Crippen molar-refractivity contribution in [3.8, 4) is 0 Å². The van der Waals surface area contributed by atoms with Gasteiger partial charge in [0.2, 0.25) is 0 Å². The number of hydrogen-bond acceptors (Lipinski definition) is 2. The van der Waals surface area contributed by atoms with Crippen LogP contribution in [0.5, 0.6) is 0 Å². The topological polar surface area (TPSA) is 0 Å². The van der Waals surface area contributed by atoms with Crippen LogP contribution in [0.15, 0.2) is 22.5 Å². The van der Waals surface area contributed by atoms with Gasteiger partial charge in [0.05, 0.1) is 0 Å². The minimum absolute atomic E-state index is 1.01. The lowest BCUT2D eigenvalue weighted by Gasteiger charge is -1.90. The predicted molar refractivity (Wildman–Crippen MR) is 45.4 cm³/mol. The molecule has 0 aromatic rings. The van der Waals surface area contributed by atoms with Crippen LogP contribution in [0.1, 0.15) is 6.92 Å². The number of thioether (sulfide) groups is 1. The predicted octanol–water partition coefficient (Wildman–Crippen LogP) is 2.70. The van der Waals surface area contributed by atoms with Crippen LogP contribution in [0.3, 0.4) is 0 Å². The van der Waals surface area contributed by atoms with E-state index in [1.165, 1.54) is 0 Å². The monoisotopic (exact) mass is 146 g/mol. The number of allylic oxidation sites excluding steroid dienone is 2. The molecule has 0 saturated carbocycles. The fraction of sp³-hybridized carbons (Fsp3) is 0.333. The van der Waals surface area contributed by atoms with Gasteiger partial charge >= 0.3 is 0 Å². The molecule has 0 aromatic carbocycles. The van der Waals surface area contributed by atoms with E-state index in [2.05, 4.69) is 19.2 Å². The first-order valence-electron chi connectivity index (χ1n) is 2.27. The van der Waals surface area contributed by atoms with E-state index in [1.807, 2.05) is 19.3 Å². The zero-order chi connectivity index (χ0) is 6.57. The van der Waals surface area contributed by atoms with Gasteiger partial charge in [-0.05, 0) is 19.3 Å². The maximum Gasteiger partial charge on any atom is 0.0370 e. The number of thiol groups is 1. The Morgan fingerprint density at radius 3 is 2.38 bits per heavy atom. The van der Waals surface area contributed by atoms with Crippen molar-refractivity contribution < 1.29 is 0 Å². The van der Waals surface area contributed by atoms with Crippen molar-refractivity contribution in [2.24, 2.45) is 0 Å². The second kappa shape index (κ2) is 4.10. The SMILES string of the molecule is C=C(C)/C=C(/S)SC. The second-order valence-electron chi connectivity index (χ2n) is 1.53. The van der Waals surface area contributed by atoms with E-state index in [-0.39, 0.29) is 0 Å². The molecule has 8 heavy (non-hydrogen) atoms. The van der Waals surface area contributed by atoms with Crippen LogP contribution in [-0.4, -0.2) is 6.26 Å². The fourth-order valence-electron chi connectivity index (χ4n) is 0.270. The molecule has 0 radical (unpaired) electrons. The van der Waals surface area contributed by atoms with E-state index >= 15 is 0 Å². The summed E-state index contributed by atoms with van der Waals surface area (Å²) in [7, 11) is 0. The van der Waals surface area contributed by atoms with Crippen molar-refractivity contribution in [1.29, 1.82) is 0 Å². The molecule has 0 fully saturated rings. The summed E-state index contributed by atoms with van der Waals surface area (Å²) in [6.45, 7) is 5.66. The summed E-state index contributed by atoms with van der Waals surface area (Å²) in [6, 6.07) is 0. The van der Waals surface area contributed by atoms with Crippen LogP contribution in [0.4, 0.5) is 0 Å². The van der Waals surface area contributed by atoms with E-state index in [1.54, 1.807) is 11.8 Å². The molecule has 0 heterocycles. The maximum absolute atomic E-state index is 4.13. The van der Waals surface area contributed by atoms with Crippen LogP contribution in [0, 0.1) is 0 Å². The maximum atomic E-state index is 4.13. The highest BCUT2D eigenvalue weighted by atomic mass is 32.2. The van der Waals surface area contributed by atoms with Crippen molar-refractivity contribution in [2.75, 3.05) is 6.26 Å². The molecule has 0 spiro atoms. The van der Waals surface area contributed by atoms with E-state index in [4.69, 9.17) is 0 Å². The minimum Gasteiger partial charge on any atom is -0.137 e. The standard InChI is InChI=1S/C6H10S2/c1-5(2)4-6(7)8-3/h4,7H,1H2,2-3H3/b6-4-. The van der Waals surface area contributed by atoms with Gasteiger partial charge in [-0.1, -0.05) is 12.2 Å². The summed E-state index contributed by atoms with van der Waals surface area (Å²) < 4.78 is 1.01. The van der Waals surface area contributed by atoms with E-state index in [0.29, 0.717) is 0 Å². The zero-order valence-corrected chi connectivity index (χ0v) is 6.85. The summed E-state index contributed by atoms with van der Waals surface area (Å²) >= 11 is 5.75. The van der Waals surface area contributed by atoms with Crippen LogP contribution in [-0.2, 0) is 0 Å². The number of hydrogen-bond donors (Lipinski definition) is 1. The molecule has 0 atom stereocenters. The second-order valence-corrected chi connectivity index (χ2v) is 3.17. The third-order valence-electron chi connectivity index (χ3n) is 0.579. The first-order valence-corrected chi connectivity index (χ1v) is 3.94. The Bertz CT molecular complexity index is 114. The first kappa shape index (κ1) is 8.18. The van der Waals surface area contributed by atoms with Crippen LogP contribution in [0.2, 0.25) is 0 Å². The Balaban J connectivity index is 3.75. The van der Waals surface area contributed by atoms with Crippen molar-refractivity contribution in [1.82, 2.24) is 0 Å². The van der Waals surface area contributed by atoms with Crippen LogP contribution in [0.25, 0.3) is 0 Å². The molecule has 0 aliphatic rings. The van der Waals surface area contributed by atoms with Gasteiger partial charge in [0.25, 0.3) is 0 Å². The normalized spacial score (nSPS) is 11.6. The molecule has 0 amide bonds. The highest BCUT2D eigenvalue weighted by Crippen LogP contribution is 2.16. The summed E-state index contributed by atoms with van der Waals surface area (Å²) in [6.07, 6.45) is 3.93. The lowest BCUT2D eigenvalue weighted by Crippen LogP contribution is -1.62. The Hall–Kier alpha value is 0.180. The molecule has 0 rings (SSSR count). The van der Waals surface area contributed by atoms with Gasteiger partial charge in [-0.25, -0.2) is 0 Å². The highest BCUT2D eigenvalue weighted by molar-refractivity contribution is 8.15. The molecule has 0 N–H and O–H groups in total. The van der Waals surface area contributed by atoms with Crippen molar-refractivity contribution in [2.45, 2.75) is 6.92 Å². The molecule has 0 bridgehead atoms. The summed E-state index contributed by atoms with van der Waals surface area (Å²) in [5, 5.41) is 0. The Labute approximate surface area is 60.5 Å². The molecule has 0 aliphatic heterocycles. The average Bonchev–Trinajstić information content (AvgIpc) is 1.65. The molecule has 2 heteroatoms. The summed E-state index contributed by atoms with van der Waals surface area (Å²) in [5.74, 6) is 0. The molecule has 0 unspecified atom stereocenters. The fourth-order valence-corrected chi connectivity index (χ4v) is 0.809. The van der Waals surface area contributed by atoms with Crippen LogP contribution >= 0.6 is 24.4 Å². The van der Waals surface area contributed by atoms with E-state index < -0.39 is 0 Å². The van der Waals surface area contributed by atoms with Gasteiger partial charge in [-0.2, -0.15) is 0 Å². The molecule has 46 valence electrons. The molecule has 0 nitrogen and oxygen atoms in total. The Morgan fingerprint density at radius 2 is 2.25 bits per heavy atom. The van der Waals surface area contributed by atoms with E-state index in [9.17, 15) is 0 Å². The van der Waals surface area contributed by atoms with Gasteiger partial charge < -0.3 is 0 Å². The average molecular weight is 146 g/mol. The molecule has 0 aliphatic carbocycles. The van der Waals surface area contributed by atoms with Crippen molar-refractivity contribution >= 4 is 24.4 Å². The van der Waals surface area contributed by atoms with Crippen molar-refractivity contribution in [3.63, 3.8) is 0 Å². The minimum atomic E-state index is 1.01. The van der Waals surface area contributed by atoms with Crippen LogP contribution < -0.4 is 0 Å². The zero-order valence-electron chi connectivity index (χ0n) is 5.14. The lowest BCUT2D eigenvalue weighted by atomic mass is 10.4. The first-order chi connectivity index (χ1) is 3.66. The van der Waals surface area contributed by atoms with Gasteiger partial charge in [-0.15, -0.1) is 24.4 Å². The highest BCUT2D eigenvalue weighted by Gasteiger charge is 1.82. The molecular formula is C6H10S2. The van der Waals surface area contributed by atoms with E-state index in [0.717, 1.165) is 9.81 Å². The smallest absolute Gasteiger partial charge is 0.0370 e. The van der Waals surface area contributed by atoms with Gasteiger partial charge in [-0.3, -0.25) is 0 Å². The Kier molecular flexibility index (Phi) is 4.19. The summed E-state index contributed by atoms with van der Waals surface area (Å²) in [5.41, 5.74) is 1.05. The lowest BCUT2D eigenvalue weighted by molar-refractivity contribution is 1.57. The third-order valence-corrected chi connectivity index (χ3v) is 1.79. The quantitative estimate of drug-likeness (QED) is 0.461. The molecule has 0 aromatic heterocycles.